The van der Waals surface area contributed by atoms with Crippen molar-refractivity contribution in [2.75, 3.05) is 12.3 Å². The van der Waals surface area contributed by atoms with Crippen LogP contribution in [0.2, 0.25) is 0 Å². The van der Waals surface area contributed by atoms with Crippen molar-refractivity contribution in [2.45, 2.75) is 25.8 Å². The largest absolute Gasteiger partial charge is 0.397 e. The summed E-state index contributed by atoms with van der Waals surface area (Å²) in [5.74, 6) is 0.644. The highest BCUT2D eigenvalue weighted by atomic mass is 16.5. The first-order valence-corrected chi connectivity index (χ1v) is 6.61. The molecular weight excluding hydrogens is 256 g/mol. The van der Waals surface area contributed by atoms with Gasteiger partial charge in [-0.2, -0.15) is 0 Å². The molecule has 104 valence electrons. The van der Waals surface area contributed by atoms with Gasteiger partial charge in [0.05, 0.1) is 23.6 Å². The Morgan fingerprint density at radius 2 is 2.35 bits per heavy atom. The van der Waals surface area contributed by atoms with Crippen LogP contribution >= 0.6 is 0 Å². The second-order valence-corrected chi connectivity index (χ2v) is 5.00. The smallest absolute Gasteiger partial charge is 0.273 e. The molecule has 1 aliphatic rings. The second-order valence-electron chi connectivity index (χ2n) is 5.00. The predicted octanol–water partition coefficient (Wildman–Crippen LogP) is 1.94. The Labute approximate surface area is 116 Å². The van der Waals surface area contributed by atoms with Crippen LogP contribution in [0.5, 0.6) is 0 Å². The topological polar surface area (TPSA) is 85.2 Å². The van der Waals surface area contributed by atoms with Crippen LogP contribution in [0, 0.1) is 6.92 Å². The fourth-order valence-electron chi connectivity index (χ4n) is 2.52. The van der Waals surface area contributed by atoms with Crippen LogP contribution in [-0.2, 0) is 0 Å². The molecule has 6 nitrogen and oxygen atoms in total. The van der Waals surface area contributed by atoms with Crippen LogP contribution in [0.1, 0.15) is 40.8 Å². The van der Waals surface area contributed by atoms with Crippen LogP contribution in [0.25, 0.3) is 0 Å². The summed E-state index contributed by atoms with van der Waals surface area (Å²) in [6, 6.07) is 5.16. The first kappa shape index (κ1) is 12.7. The molecule has 0 saturated carbocycles. The number of anilines is 1. The standard InChI is InChI=1S/C14H16N4O2/c1-9-7-13(20-17-9)12-3-2-6-18(12)14(19)11-5-4-10(15)8-16-11/h4-5,7-8,12H,2-3,6,15H2,1H3. The number of nitrogen functional groups attached to an aromatic ring is 1. The van der Waals surface area contributed by atoms with E-state index in [0.717, 1.165) is 24.3 Å². The van der Waals surface area contributed by atoms with Gasteiger partial charge in [-0.05, 0) is 31.9 Å². The molecule has 0 aromatic carbocycles. The van der Waals surface area contributed by atoms with Gasteiger partial charge >= 0.3 is 0 Å². The van der Waals surface area contributed by atoms with Crippen molar-refractivity contribution in [3.63, 3.8) is 0 Å². The van der Waals surface area contributed by atoms with E-state index in [1.54, 1.807) is 17.0 Å². The Bertz CT molecular complexity index is 620. The summed E-state index contributed by atoms with van der Waals surface area (Å²) in [5.41, 5.74) is 7.37. The van der Waals surface area contributed by atoms with Gasteiger partial charge < -0.3 is 15.2 Å². The molecule has 0 radical (unpaired) electrons. The average molecular weight is 272 g/mol. The van der Waals surface area contributed by atoms with Gasteiger partial charge in [-0.15, -0.1) is 0 Å². The molecule has 1 amide bonds. The monoisotopic (exact) mass is 272 g/mol. The molecule has 1 saturated heterocycles. The van der Waals surface area contributed by atoms with Crippen molar-refractivity contribution < 1.29 is 9.32 Å². The van der Waals surface area contributed by atoms with Gasteiger partial charge in [0.25, 0.3) is 5.91 Å². The number of rotatable bonds is 2. The summed E-state index contributed by atoms with van der Waals surface area (Å²) in [6.45, 7) is 2.57. The number of hydrogen-bond acceptors (Lipinski definition) is 5. The van der Waals surface area contributed by atoms with E-state index < -0.39 is 0 Å². The molecule has 6 heteroatoms. The number of likely N-dealkylation sites (tertiary alicyclic amines) is 1. The van der Waals surface area contributed by atoms with Gasteiger partial charge in [0.2, 0.25) is 0 Å². The third kappa shape index (κ3) is 2.24. The van der Waals surface area contributed by atoms with Gasteiger partial charge in [-0.3, -0.25) is 4.79 Å². The van der Waals surface area contributed by atoms with Crippen molar-refractivity contribution in [3.8, 4) is 0 Å². The molecule has 2 N–H and O–H groups in total. The lowest BCUT2D eigenvalue weighted by molar-refractivity contribution is 0.0708. The number of amides is 1. The first-order chi connectivity index (χ1) is 9.65. The van der Waals surface area contributed by atoms with E-state index in [-0.39, 0.29) is 11.9 Å². The molecule has 1 atom stereocenters. The van der Waals surface area contributed by atoms with Crippen LogP contribution in [-0.4, -0.2) is 27.5 Å². The van der Waals surface area contributed by atoms with E-state index in [1.807, 2.05) is 13.0 Å². The normalized spacial score (nSPS) is 18.4. The Hall–Kier alpha value is -2.37. The van der Waals surface area contributed by atoms with E-state index in [0.29, 0.717) is 17.9 Å². The van der Waals surface area contributed by atoms with Crippen molar-refractivity contribution in [3.05, 3.63) is 41.5 Å². The number of pyridine rings is 1. The molecule has 0 aliphatic carbocycles. The van der Waals surface area contributed by atoms with Gasteiger partial charge in [0.15, 0.2) is 5.76 Å². The Balaban J connectivity index is 1.85. The van der Waals surface area contributed by atoms with Crippen LogP contribution in [0.3, 0.4) is 0 Å². The maximum Gasteiger partial charge on any atom is 0.273 e. The zero-order valence-electron chi connectivity index (χ0n) is 11.2. The quantitative estimate of drug-likeness (QED) is 0.903. The highest BCUT2D eigenvalue weighted by molar-refractivity contribution is 5.92. The number of nitrogens with two attached hydrogens (primary N) is 1. The average Bonchev–Trinajstić information content (AvgIpc) is 3.07. The van der Waals surface area contributed by atoms with Crippen LogP contribution in [0.4, 0.5) is 5.69 Å². The lowest BCUT2D eigenvalue weighted by Crippen LogP contribution is -2.31. The minimum Gasteiger partial charge on any atom is -0.397 e. The number of carbonyl (C=O) groups is 1. The Kier molecular flexibility index (Phi) is 3.14. The van der Waals surface area contributed by atoms with Gasteiger partial charge in [-0.25, -0.2) is 4.98 Å². The third-order valence-electron chi connectivity index (χ3n) is 3.49. The van der Waals surface area contributed by atoms with Crippen LogP contribution < -0.4 is 5.73 Å². The minimum atomic E-state index is -0.0958. The van der Waals surface area contributed by atoms with E-state index in [2.05, 4.69) is 10.1 Å². The summed E-state index contributed by atoms with van der Waals surface area (Å²) in [7, 11) is 0. The molecule has 2 aromatic heterocycles. The lowest BCUT2D eigenvalue weighted by atomic mass is 10.1. The number of aromatic nitrogens is 2. The number of hydrogen-bond donors (Lipinski definition) is 1. The van der Waals surface area contributed by atoms with E-state index in [4.69, 9.17) is 10.3 Å². The first-order valence-electron chi connectivity index (χ1n) is 6.61. The Morgan fingerprint density at radius 1 is 1.50 bits per heavy atom. The summed E-state index contributed by atoms with van der Waals surface area (Å²) < 4.78 is 5.30. The van der Waals surface area contributed by atoms with E-state index in [9.17, 15) is 4.79 Å². The van der Waals surface area contributed by atoms with E-state index in [1.165, 1.54) is 6.20 Å². The van der Waals surface area contributed by atoms with Gasteiger partial charge in [0.1, 0.15) is 5.69 Å². The highest BCUT2D eigenvalue weighted by Crippen LogP contribution is 2.33. The molecule has 0 spiro atoms. The fourth-order valence-corrected chi connectivity index (χ4v) is 2.52. The van der Waals surface area contributed by atoms with Crippen molar-refractivity contribution >= 4 is 11.6 Å². The summed E-state index contributed by atoms with van der Waals surface area (Å²) in [4.78, 5) is 18.4. The van der Waals surface area contributed by atoms with Crippen molar-refractivity contribution in [1.82, 2.24) is 15.0 Å². The van der Waals surface area contributed by atoms with Crippen molar-refractivity contribution in [2.24, 2.45) is 0 Å². The summed E-state index contributed by atoms with van der Waals surface area (Å²) in [6.07, 6.45) is 3.33. The molecule has 0 bridgehead atoms. The van der Waals surface area contributed by atoms with E-state index >= 15 is 0 Å². The zero-order valence-corrected chi connectivity index (χ0v) is 11.2. The fraction of sp³-hybridized carbons (Fsp3) is 0.357. The maximum atomic E-state index is 12.5. The highest BCUT2D eigenvalue weighted by Gasteiger charge is 2.33. The SMILES string of the molecule is Cc1cc(C2CCCN2C(=O)c2ccc(N)cn2)on1. The van der Waals surface area contributed by atoms with Crippen LogP contribution in [0.15, 0.2) is 28.9 Å². The predicted molar refractivity (Wildman–Crippen MR) is 72.9 cm³/mol. The molecule has 3 heterocycles. The number of carbonyl (C=O) groups excluding carboxylic acids is 1. The molecule has 2 aromatic rings. The number of aryl methyl sites for hydroxylation is 1. The number of nitrogens with zero attached hydrogens (tertiary/aromatic N) is 3. The second kappa shape index (κ2) is 4.96. The molecule has 1 aliphatic heterocycles. The molecule has 1 fully saturated rings. The maximum absolute atomic E-state index is 12.5. The molecule has 1 unspecified atom stereocenters. The molecular formula is C14H16N4O2. The third-order valence-corrected chi connectivity index (χ3v) is 3.49. The Morgan fingerprint density at radius 3 is 3.00 bits per heavy atom. The zero-order chi connectivity index (χ0) is 14.1. The minimum absolute atomic E-state index is 0.0527. The van der Waals surface area contributed by atoms with Crippen molar-refractivity contribution in [1.29, 1.82) is 0 Å². The summed E-state index contributed by atoms with van der Waals surface area (Å²) >= 11 is 0. The summed E-state index contributed by atoms with van der Waals surface area (Å²) in [5, 5.41) is 3.89. The molecule has 3 rings (SSSR count). The van der Waals surface area contributed by atoms with Gasteiger partial charge in [-0.1, -0.05) is 5.16 Å². The lowest BCUT2D eigenvalue weighted by Gasteiger charge is -2.22. The molecule has 20 heavy (non-hydrogen) atoms. The van der Waals surface area contributed by atoms with Gasteiger partial charge in [0, 0.05) is 12.6 Å².